The van der Waals surface area contributed by atoms with Crippen molar-refractivity contribution in [2.75, 3.05) is 24.2 Å². The standard InChI is InChI=1S/C48H58N2O11S4/c1-30-12-18-38-35(28-30)13-20-40-44(38)47(4,5)42(49(40)26-24-31(2)63(53,54)55)22-15-33-10-9-11-34(46(33)62(8,51)52)16-23-43-48(6,7)45-39-19-17-37(65(59,60)61)29-36(39)14-21-41(45)50(43)27-25-32(3)64(56,57)58/h12-14,16-21,23,28-29,31-32H,9-11,15,22,24-27H2,1-8H3,(H2-,53,54,55,56,57,58,59,60,61)/p-1/b34-16?,43-23+. The number of hydrogen-bond acceptors (Lipinski definition) is 11. The Labute approximate surface area is 383 Å². The minimum Gasteiger partial charge on any atom is -0.748 e. The van der Waals surface area contributed by atoms with Crippen LogP contribution in [0.25, 0.3) is 21.5 Å². The molecule has 1 N–H and O–H groups in total. The second-order valence-electron chi connectivity index (χ2n) is 19.0. The Hall–Kier alpha value is -4.23. The van der Waals surface area contributed by atoms with Crippen molar-refractivity contribution in [2.24, 2.45) is 0 Å². The highest BCUT2D eigenvalue weighted by atomic mass is 32.2. The van der Waals surface area contributed by atoms with Gasteiger partial charge in [-0.3, -0.25) is 4.55 Å². The Balaban J connectivity index is 1.31. The monoisotopic (exact) mass is 965 g/mol. The normalized spacial score (nSPS) is 20.0. The third kappa shape index (κ3) is 9.39. The van der Waals surface area contributed by atoms with E-state index in [1.807, 2.05) is 43.9 Å². The van der Waals surface area contributed by atoms with E-state index in [0.717, 1.165) is 55.8 Å². The van der Waals surface area contributed by atoms with E-state index in [-0.39, 0.29) is 35.7 Å². The fourth-order valence-electron chi connectivity index (χ4n) is 10.3. The maximum atomic E-state index is 13.9. The Bertz CT molecular complexity index is 3240. The number of rotatable bonds is 14. The van der Waals surface area contributed by atoms with Gasteiger partial charge in [-0.25, -0.2) is 25.3 Å². The highest BCUT2D eigenvalue weighted by Gasteiger charge is 2.47. The van der Waals surface area contributed by atoms with Crippen LogP contribution in [0.2, 0.25) is 0 Å². The van der Waals surface area contributed by atoms with Gasteiger partial charge in [0.2, 0.25) is 5.69 Å². The lowest BCUT2D eigenvalue weighted by atomic mass is 9.77. The first kappa shape index (κ1) is 48.7. The summed E-state index contributed by atoms with van der Waals surface area (Å²) in [5.41, 5.74) is 6.48. The second kappa shape index (κ2) is 17.1. The first-order valence-electron chi connectivity index (χ1n) is 21.8. The Morgan fingerprint density at radius 1 is 0.754 bits per heavy atom. The van der Waals surface area contributed by atoms with Crippen molar-refractivity contribution in [3.05, 3.63) is 111 Å². The molecule has 2 aliphatic heterocycles. The fourth-order valence-corrected chi connectivity index (χ4v) is 13.0. The van der Waals surface area contributed by atoms with Crippen molar-refractivity contribution >= 4 is 78.8 Å². The predicted molar refractivity (Wildman–Crippen MR) is 254 cm³/mol. The summed E-state index contributed by atoms with van der Waals surface area (Å²) in [5, 5.41) is 1.11. The molecule has 0 spiro atoms. The van der Waals surface area contributed by atoms with Crippen LogP contribution in [0.3, 0.4) is 0 Å². The molecule has 17 heteroatoms. The lowest BCUT2D eigenvalue weighted by molar-refractivity contribution is -0.440. The summed E-state index contributed by atoms with van der Waals surface area (Å²) >= 11 is 0. The van der Waals surface area contributed by atoms with E-state index in [4.69, 9.17) is 0 Å². The van der Waals surface area contributed by atoms with Gasteiger partial charge in [0, 0.05) is 59.3 Å². The maximum Gasteiger partial charge on any atom is 0.294 e. The van der Waals surface area contributed by atoms with Gasteiger partial charge in [0.05, 0.1) is 40.7 Å². The maximum absolute atomic E-state index is 13.9. The number of sulfone groups is 1. The minimum absolute atomic E-state index is 0.00471. The predicted octanol–water partition coefficient (Wildman–Crippen LogP) is 8.44. The third-order valence-corrected chi connectivity index (χ3v) is 18.3. The molecule has 2 unspecified atom stereocenters. The average molecular weight is 966 g/mol. The number of fused-ring (bicyclic) bond motifs is 6. The first-order valence-corrected chi connectivity index (χ1v) is 28.0. The molecule has 7 rings (SSSR count). The number of aryl methyl sites for hydroxylation is 1. The molecule has 0 saturated carbocycles. The van der Waals surface area contributed by atoms with Crippen molar-refractivity contribution in [1.29, 1.82) is 0 Å². The molecule has 0 bridgehead atoms. The lowest BCUT2D eigenvalue weighted by Crippen LogP contribution is -2.31. The minimum atomic E-state index is -4.60. The molecule has 2 heterocycles. The summed E-state index contributed by atoms with van der Waals surface area (Å²) < 4.78 is 136. The van der Waals surface area contributed by atoms with Gasteiger partial charge < -0.3 is 14.0 Å². The molecule has 0 aromatic heterocycles. The SMILES string of the molecule is Cc1ccc2c3c(ccc2c1)[N+](CCC(C)S(=O)(=O)[O-])=C(CCC1=C(S(C)(=O)=O)C(=C/C=C2/N(CCC(C)S(=O)(=O)[O-])c4ccc5cc(S(=O)(=O)O)ccc5c4C2(C)C)CCC1)C3(C)C. The summed E-state index contributed by atoms with van der Waals surface area (Å²) in [6.07, 6.45) is 7.60. The average Bonchev–Trinajstić information content (AvgIpc) is 3.56. The van der Waals surface area contributed by atoms with Gasteiger partial charge in [-0.2, -0.15) is 13.0 Å². The number of nitrogens with zero attached hydrogens (tertiary/aromatic N) is 2. The lowest BCUT2D eigenvalue weighted by Gasteiger charge is -2.29. The molecule has 350 valence electrons. The molecule has 65 heavy (non-hydrogen) atoms. The van der Waals surface area contributed by atoms with Gasteiger partial charge in [0.15, 0.2) is 15.5 Å². The van der Waals surface area contributed by atoms with E-state index in [1.54, 1.807) is 18.2 Å². The van der Waals surface area contributed by atoms with E-state index in [1.165, 1.54) is 32.2 Å². The van der Waals surface area contributed by atoms with Gasteiger partial charge in [-0.1, -0.05) is 61.4 Å². The molecule has 2 atom stereocenters. The van der Waals surface area contributed by atoms with Crippen LogP contribution in [-0.4, -0.2) is 87.5 Å². The van der Waals surface area contributed by atoms with Crippen molar-refractivity contribution in [3.8, 4) is 0 Å². The van der Waals surface area contributed by atoms with E-state index in [9.17, 15) is 47.3 Å². The topological polar surface area (TPSA) is 209 Å². The van der Waals surface area contributed by atoms with Crippen LogP contribution in [0.5, 0.6) is 0 Å². The zero-order valence-corrected chi connectivity index (χ0v) is 41.3. The smallest absolute Gasteiger partial charge is 0.294 e. The fraction of sp³-hybridized carbons (Fsp3) is 0.438. The molecular formula is C48H57N2O11S4-. The van der Waals surface area contributed by atoms with Crippen LogP contribution in [-0.2, 0) is 51.0 Å². The summed E-state index contributed by atoms with van der Waals surface area (Å²) in [5.74, 6) is 0. The summed E-state index contributed by atoms with van der Waals surface area (Å²) in [4.78, 5) is 1.94. The number of benzene rings is 4. The van der Waals surface area contributed by atoms with Crippen LogP contribution >= 0.6 is 0 Å². The van der Waals surface area contributed by atoms with Crippen LogP contribution in [0.1, 0.15) is 103 Å². The van der Waals surface area contributed by atoms with Crippen molar-refractivity contribution in [2.45, 2.75) is 120 Å². The summed E-state index contributed by atoms with van der Waals surface area (Å²) in [6, 6.07) is 18.2. The molecule has 0 amide bonds. The zero-order valence-electron chi connectivity index (χ0n) is 38.0. The highest BCUT2D eigenvalue weighted by molar-refractivity contribution is 7.94. The van der Waals surface area contributed by atoms with Gasteiger partial charge in [-0.05, 0) is 130 Å². The van der Waals surface area contributed by atoms with Gasteiger partial charge in [0.1, 0.15) is 6.54 Å². The molecule has 4 aromatic rings. The number of allylic oxidation sites excluding steroid dienone is 5. The Morgan fingerprint density at radius 2 is 1.37 bits per heavy atom. The quantitative estimate of drug-likeness (QED) is 0.0933. The second-order valence-corrected chi connectivity index (χ2v) is 25.9. The van der Waals surface area contributed by atoms with Crippen LogP contribution in [0, 0.1) is 6.92 Å². The molecule has 1 aliphatic carbocycles. The van der Waals surface area contributed by atoms with Gasteiger partial charge >= 0.3 is 0 Å². The van der Waals surface area contributed by atoms with Crippen molar-refractivity contribution < 1.29 is 51.9 Å². The summed E-state index contributed by atoms with van der Waals surface area (Å²) in [7, 11) is -17.4. The largest absolute Gasteiger partial charge is 0.748 e. The van der Waals surface area contributed by atoms with Crippen LogP contribution < -0.4 is 4.90 Å². The van der Waals surface area contributed by atoms with Crippen LogP contribution in [0.15, 0.2) is 99.5 Å². The van der Waals surface area contributed by atoms with Crippen LogP contribution in [0.4, 0.5) is 11.4 Å². The van der Waals surface area contributed by atoms with E-state index in [2.05, 4.69) is 42.7 Å². The molecule has 0 fully saturated rings. The van der Waals surface area contributed by atoms with Crippen molar-refractivity contribution in [1.82, 2.24) is 0 Å². The zero-order chi connectivity index (χ0) is 47.8. The molecule has 4 aromatic carbocycles. The molecule has 0 saturated heterocycles. The van der Waals surface area contributed by atoms with E-state index >= 15 is 0 Å². The van der Waals surface area contributed by atoms with Crippen molar-refractivity contribution in [3.63, 3.8) is 0 Å². The highest BCUT2D eigenvalue weighted by Crippen LogP contribution is 2.52. The molecule has 13 nitrogen and oxygen atoms in total. The molecule has 0 radical (unpaired) electrons. The molecule has 3 aliphatic rings. The van der Waals surface area contributed by atoms with E-state index in [0.29, 0.717) is 48.4 Å². The van der Waals surface area contributed by atoms with Gasteiger partial charge in [0.25, 0.3) is 10.1 Å². The first-order chi connectivity index (χ1) is 30.0. The van der Waals surface area contributed by atoms with Gasteiger partial charge in [-0.15, -0.1) is 0 Å². The molecular weight excluding hydrogens is 909 g/mol. The Morgan fingerprint density at radius 3 is 2.02 bits per heavy atom. The summed E-state index contributed by atoms with van der Waals surface area (Å²) in [6.45, 7) is 13.5. The number of hydrogen-bond donors (Lipinski definition) is 1. The third-order valence-electron chi connectivity index (χ3n) is 13.7. The van der Waals surface area contributed by atoms with E-state index < -0.39 is 61.5 Å². The Kier molecular flexibility index (Phi) is 12.8. The number of anilines is 1.